The fourth-order valence-electron chi connectivity index (χ4n) is 2.23. The zero-order valence-corrected chi connectivity index (χ0v) is 7.51. The Morgan fingerprint density at radius 2 is 2.27 bits per heavy atom. The first kappa shape index (κ1) is 9.01. The minimum absolute atomic E-state index is 0.0278. The average Bonchev–Trinajstić information content (AvgIpc) is 2.32. The van der Waals surface area contributed by atoms with Crippen molar-refractivity contribution in [2.75, 3.05) is 6.54 Å². The number of rotatable bonds is 2. The summed E-state index contributed by atoms with van der Waals surface area (Å²) < 4.78 is 0. The fraction of sp³-hybridized carbons (Fsp3) is 1.00. The molecule has 1 aliphatic carbocycles. The Labute approximate surface area is 68.8 Å². The third-order valence-electron chi connectivity index (χ3n) is 3.31. The van der Waals surface area contributed by atoms with Crippen molar-refractivity contribution in [3.63, 3.8) is 0 Å². The Morgan fingerprint density at radius 1 is 1.64 bits per heavy atom. The van der Waals surface area contributed by atoms with E-state index < -0.39 is 0 Å². The lowest BCUT2D eigenvalue weighted by Gasteiger charge is -2.35. The zero-order valence-electron chi connectivity index (χ0n) is 7.51. The van der Waals surface area contributed by atoms with Gasteiger partial charge in [0.2, 0.25) is 0 Å². The van der Waals surface area contributed by atoms with E-state index in [4.69, 9.17) is 5.73 Å². The number of nitrogens with two attached hydrogens (primary N) is 1. The summed E-state index contributed by atoms with van der Waals surface area (Å²) in [6.45, 7) is 4.94. The van der Waals surface area contributed by atoms with Crippen LogP contribution in [0.1, 0.15) is 33.1 Å². The van der Waals surface area contributed by atoms with Crippen molar-refractivity contribution in [2.24, 2.45) is 17.1 Å². The van der Waals surface area contributed by atoms with Gasteiger partial charge in [0, 0.05) is 12.0 Å². The van der Waals surface area contributed by atoms with Gasteiger partial charge < -0.3 is 10.8 Å². The van der Waals surface area contributed by atoms with Crippen molar-refractivity contribution in [3.05, 3.63) is 0 Å². The second kappa shape index (κ2) is 3.11. The molecule has 1 aliphatic rings. The van der Waals surface area contributed by atoms with Crippen molar-refractivity contribution >= 4 is 0 Å². The van der Waals surface area contributed by atoms with Gasteiger partial charge in [-0.3, -0.25) is 0 Å². The molecule has 0 aromatic rings. The van der Waals surface area contributed by atoms with Crippen molar-refractivity contribution in [1.82, 2.24) is 0 Å². The van der Waals surface area contributed by atoms with Crippen LogP contribution in [0.4, 0.5) is 0 Å². The van der Waals surface area contributed by atoms with E-state index in [9.17, 15) is 5.11 Å². The van der Waals surface area contributed by atoms with Crippen LogP contribution in [0.2, 0.25) is 0 Å². The van der Waals surface area contributed by atoms with E-state index in [1.165, 1.54) is 0 Å². The third-order valence-corrected chi connectivity index (χ3v) is 3.31. The summed E-state index contributed by atoms with van der Waals surface area (Å²) in [5.74, 6) is 0.505. The van der Waals surface area contributed by atoms with Crippen LogP contribution in [0.3, 0.4) is 0 Å². The number of aliphatic hydroxyl groups excluding tert-OH is 1. The van der Waals surface area contributed by atoms with Gasteiger partial charge in [-0.1, -0.05) is 20.3 Å². The number of hydrogen-bond acceptors (Lipinski definition) is 2. The van der Waals surface area contributed by atoms with Crippen molar-refractivity contribution in [1.29, 1.82) is 0 Å². The lowest BCUT2D eigenvalue weighted by atomic mass is 9.74. The van der Waals surface area contributed by atoms with Crippen molar-refractivity contribution < 1.29 is 5.11 Å². The molecule has 1 saturated carbocycles. The topological polar surface area (TPSA) is 46.2 Å². The highest BCUT2D eigenvalue weighted by molar-refractivity contribution is 4.94. The van der Waals surface area contributed by atoms with Gasteiger partial charge in [0.05, 0.1) is 6.10 Å². The molecule has 66 valence electrons. The van der Waals surface area contributed by atoms with Gasteiger partial charge in [0.15, 0.2) is 0 Å². The van der Waals surface area contributed by atoms with Gasteiger partial charge in [-0.15, -0.1) is 0 Å². The summed E-state index contributed by atoms with van der Waals surface area (Å²) >= 11 is 0. The molecule has 2 heteroatoms. The Kier molecular flexibility index (Phi) is 2.55. The molecule has 2 unspecified atom stereocenters. The molecule has 0 amide bonds. The first-order chi connectivity index (χ1) is 5.13. The summed E-state index contributed by atoms with van der Waals surface area (Å²) in [7, 11) is 0. The van der Waals surface area contributed by atoms with E-state index in [2.05, 4.69) is 13.8 Å². The summed E-state index contributed by atoms with van der Waals surface area (Å²) in [5.41, 5.74) is 5.73. The van der Waals surface area contributed by atoms with Gasteiger partial charge >= 0.3 is 0 Å². The predicted octanol–water partition coefficient (Wildman–Crippen LogP) is 1.13. The molecule has 0 saturated heterocycles. The highest BCUT2D eigenvalue weighted by Gasteiger charge is 2.42. The summed E-state index contributed by atoms with van der Waals surface area (Å²) in [6, 6.07) is 0. The molecule has 3 N–H and O–H groups in total. The molecular formula is C9H19NO. The maximum absolute atomic E-state index is 9.73. The normalized spacial score (nSPS) is 38.5. The second-order valence-electron chi connectivity index (χ2n) is 4.00. The Morgan fingerprint density at radius 3 is 2.45 bits per heavy atom. The van der Waals surface area contributed by atoms with Crippen LogP contribution in [0.25, 0.3) is 0 Å². The molecule has 0 radical (unpaired) electrons. The quantitative estimate of drug-likeness (QED) is 0.631. The minimum atomic E-state index is -0.160. The molecule has 0 aromatic heterocycles. The van der Waals surface area contributed by atoms with Gasteiger partial charge in [-0.2, -0.15) is 0 Å². The van der Waals surface area contributed by atoms with Crippen LogP contribution in [0.15, 0.2) is 0 Å². The maximum atomic E-state index is 9.73. The standard InChI is InChI=1S/C9H19NO/c1-7(2)9(6-10)5-3-4-8(9)11/h7-8,11H,3-6,10H2,1-2H3. The highest BCUT2D eigenvalue weighted by atomic mass is 16.3. The first-order valence-corrected chi connectivity index (χ1v) is 4.51. The first-order valence-electron chi connectivity index (χ1n) is 4.51. The molecular weight excluding hydrogens is 138 g/mol. The summed E-state index contributed by atoms with van der Waals surface area (Å²) in [4.78, 5) is 0. The van der Waals surface area contributed by atoms with Crippen LogP contribution in [-0.4, -0.2) is 17.8 Å². The van der Waals surface area contributed by atoms with Crippen molar-refractivity contribution in [3.8, 4) is 0 Å². The lowest BCUT2D eigenvalue weighted by molar-refractivity contribution is 0.0237. The molecule has 0 spiro atoms. The molecule has 0 aromatic carbocycles. The number of hydrogen-bond donors (Lipinski definition) is 2. The summed E-state index contributed by atoms with van der Waals surface area (Å²) in [5, 5.41) is 9.73. The molecule has 2 nitrogen and oxygen atoms in total. The van der Waals surface area contributed by atoms with Crippen LogP contribution >= 0.6 is 0 Å². The molecule has 1 rings (SSSR count). The number of aliphatic hydroxyl groups is 1. The largest absolute Gasteiger partial charge is 0.392 e. The van der Waals surface area contributed by atoms with E-state index in [1.807, 2.05) is 0 Å². The molecule has 0 bridgehead atoms. The van der Waals surface area contributed by atoms with Crippen molar-refractivity contribution in [2.45, 2.75) is 39.2 Å². The maximum Gasteiger partial charge on any atom is 0.0611 e. The van der Waals surface area contributed by atoms with E-state index >= 15 is 0 Å². The zero-order chi connectivity index (χ0) is 8.48. The minimum Gasteiger partial charge on any atom is -0.392 e. The van der Waals surface area contributed by atoms with Gasteiger partial charge in [-0.25, -0.2) is 0 Å². The SMILES string of the molecule is CC(C)C1(CN)CCCC1O. The monoisotopic (exact) mass is 157 g/mol. The highest BCUT2D eigenvalue weighted by Crippen LogP contribution is 2.43. The summed E-state index contributed by atoms with van der Waals surface area (Å²) in [6.07, 6.45) is 3.02. The van der Waals surface area contributed by atoms with E-state index in [1.54, 1.807) is 0 Å². The fourth-order valence-corrected chi connectivity index (χ4v) is 2.23. The molecule has 0 heterocycles. The van der Waals surface area contributed by atoms with E-state index in [0.717, 1.165) is 19.3 Å². The van der Waals surface area contributed by atoms with Crippen LogP contribution in [0, 0.1) is 11.3 Å². The molecule has 1 fully saturated rings. The molecule has 2 atom stereocenters. The Bertz CT molecular complexity index is 136. The van der Waals surface area contributed by atoms with Gasteiger partial charge in [-0.05, 0) is 18.8 Å². The van der Waals surface area contributed by atoms with E-state index in [-0.39, 0.29) is 11.5 Å². The van der Waals surface area contributed by atoms with Crippen LogP contribution in [-0.2, 0) is 0 Å². The van der Waals surface area contributed by atoms with Crippen LogP contribution in [0.5, 0.6) is 0 Å². The van der Waals surface area contributed by atoms with Gasteiger partial charge in [0.1, 0.15) is 0 Å². The average molecular weight is 157 g/mol. The Hall–Kier alpha value is -0.0800. The van der Waals surface area contributed by atoms with Crippen LogP contribution < -0.4 is 5.73 Å². The third kappa shape index (κ3) is 1.30. The smallest absolute Gasteiger partial charge is 0.0611 e. The molecule has 0 aliphatic heterocycles. The second-order valence-corrected chi connectivity index (χ2v) is 4.00. The van der Waals surface area contributed by atoms with E-state index in [0.29, 0.717) is 12.5 Å². The van der Waals surface area contributed by atoms with Gasteiger partial charge in [0.25, 0.3) is 0 Å². The predicted molar refractivity (Wildman–Crippen MR) is 46.2 cm³/mol. The Balaban J connectivity index is 2.73. The molecule has 11 heavy (non-hydrogen) atoms. The lowest BCUT2D eigenvalue weighted by Crippen LogP contribution is -2.42.